The summed E-state index contributed by atoms with van der Waals surface area (Å²) >= 11 is 0. The second-order valence-corrected chi connectivity index (χ2v) is 8.21. The van der Waals surface area contributed by atoms with Crippen molar-refractivity contribution in [1.29, 1.82) is 0 Å². The van der Waals surface area contributed by atoms with Crippen molar-refractivity contribution in [3.05, 3.63) is 30.3 Å². The molecule has 0 aliphatic carbocycles. The van der Waals surface area contributed by atoms with Gasteiger partial charge in [0.1, 0.15) is 30.4 Å². The van der Waals surface area contributed by atoms with Gasteiger partial charge in [0.05, 0.1) is 14.7 Å². The van der Waals surface area contributed by atoms with Crippen LogP contribution in [0.25, 0.3) is 10.8 Å². The first-order chi connectivity index (χ1) is 9.82. The molecule has 0 fully saturated rings. The van der Waals surface area contributed by atoms with E-state index in [1.807, 2.05) is 0 Å². The van der Waals surface area contributed by atoms with Crippen molar-refractivity contribution < 1.29 is 38.9 Å². The van der Waals surface area contributed by atoms with Crippen molar-refractivity contribution in [1.82, 2.24) is 0 Å². The average molecular weight is 365 g/mol. The lowest BCUT2D eigenvalue weighted by Gasteiger charge is -2.17. The molecule has 0 aromatic heterocycles. The van der Waals surface area contributed by atoms with Crippen LogP contribution >= 0.6 is 0 Å². The van der Waals surface area contributed by atoms with E-state index in [-0.39, 0.29) is 0 Å². The molecule has 0 aliphatic heterocycles. The van der Waals surface area contributed by atoms with E-state index >= 15 is 0 Å². The van der Waals surface area contributed by atoms with Crippen LogP contribution in [0.15, 0.2) is 45.0 Å². The molecule has 0 atom stereocenters. The molecule has 0 saturated heterocycles. The summed E-state index contributed by atoms with van der Waals surface area (Å²) in [6.45, 7) is 0. The lowest BCUT2D eigenvalue weighted by molar-refractivity contribution is 0.458. The van der Waals surface area contributed by atoms with Crippen molar-refractivity contribution in [3.63, 3.8) is 0 Å². The van der Waals surface area contributed by atoms with Crippen LogP contribution in [0.2, 0.25) is 0 Å². The third kappa shape index (κ3) is 3.11. The molecule has 0 N–H and O–H groups in total. The molecule has 2 aromatic rings. The van der Waals surface area contributed by atoms with Gasteiger partial charge in [-0.2, -0.15) is 0 Å². The Balaban J connectivity index is 3.17. The van der Waals surface area contributed by atoms with Gasteiger partial charge >= 0.3 is 0 Å². The molecule has 0 bridgehead atoms. The molecule has 9 nitrogen and oxygen atoms in total. The Labute approximate surface area is 125 Å². The summed E-state index contributed by atoms with van der Waals surface area (Å²) in [7, 11) is -15.5. The topological polar surface area (TPSA) is 172 Å². The molecule has 120 valence electrons. The molecule has 12 heteroatoms. The monoisotopic (exact) mass is 365 g/mol. The van der Waals surface area contributed by atoms with E-state index in [0.29, 0.717) is 12.1 Å². The molecule has 2 aromatic carbocycles. The predicted molar refractivity (Wildman–Crippen MR) is 67.8 cm³/mol. The molecule has 0 spiro atoms. The molecule has 0 saturated carbocycles. The SMILES string of the molecule is O=S(=O)([O-])c1cc(S(=O)(=O)[O-])c2cccc(S(=O)(=O)[O-])c2c1. The minimum atomic E-state index is -5.22. The molecule has 0 unspecified atom stereocenters. The maximum absolute atomic E-state index is 11.2. The van der Waals surface area contributed by atoms with Gasteiger partial charge in [0, 0.05) is 10.8 Å². The van der Waals surface area contributed by atoms with Crippen LogP contribution < -0.4 is 0 Å². The first kappa shape index (κ1) is 16.8. The molecular weight excluding hydrogens is 360 g/mol. The van der Waals surface area contributed by atoms with Crippen molar-refractivity contribution in [2.75, 3.05) is 0 Å². The van der Waals surface area contributed by atoms with Gasteiger partial charge in [-0.1, -0.05) is 12.1 Å². The number of benzene rings is 2. The quantitative estimate of drug-likeness (QED) is 0.653. The summed E-state index contributed by atoms with van der Waals surface area (Å²) in [5.74, 6) is 0. The lowest BCUT2D eigenvalue weighted by atomic mass is 10.1. The molecule has 0 aliphatic rings. The van der Waals surface area contributed by atoms with Gasteiger partial charge in [0.25, 0.3) is 0 Å². The van der Waals surface area contributed by atoms with Crippen molar-refractivity contribution >= 4 is 41.1 Å². The van der Waals surface area contributed by atoms with Crippen LogP contribution in [0.4, 0.5) is 0 Å². The van der Waals surface area contributed by atoms with Gasteiger partial charge in [-0.3, -0.25) is 0 Å². The van der Waals surface area contributed by atoms with E-state index in [4.69, 9.17) is 0 Å². The Morgan fingerprint density at radius 3 is 1.64 bits per heavy atom. The average Bonchev–Trinajstić information content (AvgIpc) is 2.33. The normalized spacial score (nSPS) is 13.4. The number of hydrogen-bond donors (Lipinski definition) is 0. The summed E-state index contributed by atoms with van der Waals surface area (Å²) < 4.78 is 100. The lowest BCUT2D eigenvalue weighted by Crippen LogP contribution is -2.07. The minimum Gasteiger partial charge on any atom is -0.744 e. The van der Waals surface area contributed by atoms with E-state index in [2.05, 4.69) is 0 Å². The smallest absolute Gasteiger partial charge is 0.125 e. The fourth-order valence-corrected chi connectivity index (χ4v) is 3.87. The zero-order valence-corrected chi connectivity index (χ0v) is 12.7. The van der Waals surface area contributed by atoms with Crippen LogP contribution in [-0.4, -0.2) is 38.9 Å². The Hall–Kier alpha value is -1.57. The van der Waals surface area contributed by atoms with Crippen LogP contribution in [-0.2, 0) is 30.4 Å². The van der Waals surface area contributed by atoms with Crippen LogP contribution in [0.3, 0.4) is 0 Å². The van der Waals surface area contributed by atoms with E-state index in [0.717, 1.165) is 18.2 Å². The van der Waals surface area contributed by atoms with E-state index in [9.17, 15) is 38.9 Å². The van der Waals surface area contributed by atoms with Crippen LogP contribution in [0, 0.1) is 0 Å². The summed E-state index contributed by atoms with van der Waals surface area (Å²) in [5, 5.41) is -1.11. The Morgan fingerprint density at radius 1 is 0.636 bits per heavy atom. The Kier molecular flexibility index (Phi) is 3.80. The van der Waals surface area contributed by atoms with Gasteiger partial charge in [0.15, 0.2) is 0 Å². The molecule has 0 amide bonds. The van der Waals surface area contributed by atoms with E-state index in [1.54, 1.807) is 0 Å². The van der Waals surface area contributed by atoms with Gasteiger partial charge < -0.3 is 13.7 Å². The Bertz CT molecular complexity index is 1080. The van der Waals surface area contributed by atoms with Gasteiger partial charge in [-0.05, 0) is 18.2 Å². The second kappa shape index (κ2) is 4.97. The Morgan fingerprint density at radius 2 is 1.18 bits per heavy atom. The van der Waals surface area contributed by atoms with Crippen molar-refractivity contribution in [3.8, 4) is 0 Å². The first-order valence-corrected chi connectivity index (χ1v) is 9.49. The zero-order chi connectivity index (χ0) is 16.9. The largest absolute Gasteiger partial charge is 0.744 e. The van der Waals surface area contributed by atoms with E-state index in [1.165, 1.54) is 0 Å². The summed E-state index contributed by atoms with van der Waals surface area (Å²) in [6.07, 6.45) is 0. The number of fused-ring (bicyclic) bond motifs is 1. The fraction of sp³-hybridized carbons (Fsp3) is 0. The van der Waals surface area contributed by atoms with Gasteiger partial charge in [-0.25, -0.2) is 25.3 Å². The maximum Gasteiger partial charge on any atom is 0.125 e. The molecular formula is C10H5O9S3-3. The van der Waals surface area contributed by atoms with Gasteiger partial charge in [-0.15, -0.1) is 0 Å². The number of rotatable bonds is 3. The van der Waals surface area contributed by atoms with Crippen molar-refractivity contribution in [2.24, 2.45) is 0 Å². The standard InChI is InChI=1S/C10H8O9S3/c11-20(12,13)6-4-8-7(10(5-6)22(17,18)19)2-1-3-9(8)21(14,15)16/h1-5H,(H,11,12,13)(H,14,15,16)(H,17,18,19)/p-3. The highest BCUT2D eigenvalue weighted by molar-refractivity contribution is 7.87. The first-order valence-electron chi connectivity index (χ1n) is 5.26. The number of hydrogen-bond acceptors (Lipinski definition) is 9. The summed E-state index contributed by atoms with van der Waals surface area (Å²) in [5.41, 5.74) is 0. The predicted octanol–water partition coefficient (Wildman–Crippen LogP) is -0.448. The molecule has 2 rings (SSSR count). The highest BCUT2D eigenvalue weighted by atomic mass is 32.2. The molecule has 22 heavy (non-hydrogen) atoms. The van der Waals surface area contributed by atoms with Crippen LogP contribution in [0.5, 0.6) is 0 Å². The van der Waals surface area contributed by atoms with Gasteiger partial charge in [0.2, 0.25) is 0 Å². The summed E-state index contributed by atoms with van der Waals surface area (Å²) in [4.78, 5) is -3.18. The van der Waals surface area contributed by atoms with Crippen LogP contribution in [0.1, 0.15) is 0 Å². The molecule has 0 radical (unpaired) electrons. The van der Waals surface area contributed by atoms with E-state index < -0.39 is 55.8 Å². The maximum atomic E-state index is 11.2. The molecule has 0 heterocycles. The third-order valence-electron chi connectivity index (χ3n) is 2.72. The highest BCUT2D eigenvalue weighted by Crippen LogP contribution is 2.31. The summed E-state index contributed by atoms with van der Waals surface area (Å²) in [6, 6.07) is 3.68. The second-order valence-electron chi connectivity index (χ2n) is 4.14. The zero-order valence-electron chi connectivity index (χ0n) is 10.3. The van der Waals surface area contributed by atoms with Crippen molar-refractivity contribution in [2.45, 2.75) is 14.7 Å². The fourth-order valence-electron chi connectivity index (χ4n) is 1.87. The third-order valence-corrected chi connectivity index (χ3v) is 5.30. The highest BCUT2D eigenvalue weighted by Gasteiger charge is 2.17. The minimum absolute atomic E-state index is 0.328.